The van der Waals surface area contributed by atoms with E-state index < -0.39 is 12.1 Å². The number of hydrogen-bond acceptors (Lipinski definition) is 5. The van der Waals surface area contributed by atoms with Gasteiger partial charge in [0.2, 0.25) is 5.91 Å². The van der Waals surface area contributed by atoms with E-state index in [1.807, 2.05) is 6.08 Å². The Hall–Kier alpha value is -1.40. The van der Waals surface area contributed by atoms with E-state index in [0.717, 1.165) is 38.5 Å². The smallest absolute Gasteiger partial charge is 0.305 e. The van der Waals surface area contributed by atoms with Crippen LogP contribution in [0.4, 0.5) is 0 Å². The number of ether oxygens (including phenoxy) is 1. The number of amides is 1. The van der Waals surface area contributed by atoms with Crippen LogP contribution < -0.4 is 5.32 Å². The van der Waals surface area contributed by atoms with E-state index in [-0.39, 0.29) is 18.5 Å². The quantitative estimate of drug-likeness (QED) is 0.0321. The van der Waals surface area contributed by atoms with E-state index >= 15 is 0 Å². The van der Waals surface area contributed by atoms with E-state index in [9.17, 15) is 19.8 Å². The maximum Gasteiger partial charge on any atom is 0.305 e. The average molecular weight is 933 g/mol. The molecule has 0 saturated heterocycles. The summed E-state index contributed by atoms with van der Waals surface area (Å²) in [5.41, 5.74) is 0. The number of esters is 1. The third-order valence-corrected chi connectivity index (χ3v) is 14.1. The minimum Gasteiger partial charge on any atom is -0.466 e. The second-order valence-corrected chi connectivity index (χ2v) is 20.7. The fourth-order valence-electron chi connectivity index (χ4n) is 9.46. The lowest BCUT2D eigenvalue weighted by Gasteiger charge is -2.20. The van der Waals surface area contributed by atoms with Crippen molar-refractivity contribution in [3.8, 4) is 0 Å². The van der Waals surface area contributed by atoms with Crippen LogP contribution in [0.3, 0.4) is 0 Å². The Morgan fingerprint density at radius 2 is 0.697 bits per heavy atom. The van der Waals surface area contributed by atoms with Crippen molar-refractivity contribution in [2.45, 2.75) is 347 Å². The Labute approximate surface area is 412 Å². The van der Waals surface area contributed by atoms with Crippen molar-refractivity contribution >= 4 is 11.9 Å². The van der Waals surface area contributed by atoms with Crippen LogP contribution in [0.1, 0.15) is 335 Å². The van der Waals surface area contributed by atoms with Gasteiger partial charge in [0, 0.05) is 12.8 Å². The lowest BCUT2D eigenvalue weighted by molar-refractivity contribution is -0.143. The summed E-state index contributed by atoms with van der Waals surface area (Å²) in [6.45, 7) is 4.92. The number of aliphatic hydroxyl groups is 2. The first-order valence-corrected chi connectivity index (χ1v) is 30.0. The third kappa shape index (κ3) is 52.0. The standard InChI is InChI=1S/C60H117NO5/c1-3-5-7-9-11-13-15-17-18-19-22-25-29-32-36-40-44-48-52-58(63)57(56-62)61-59(64)53-49-45-41-37-33-30-26-23-20-21-24-27-31-35-39-43-47-51-55-66-60(65)54-50-46-42-38-34-28-16-14-12-10-8-6-4-2/h48,52,57-58,62-63H,3-47,49-51,53-56H2,1-2H3,(H,61,64)/b52-48+. The number of allylic oxidation sites excluding steroid dienone is 1. The zero-order chi connectivity index (χ0) is 47.9. The van der Waals surface area contributed by atoms with Crippen LogP contribution in [0.25, 0.3) is 0 Å². The second kappa shape index (κ2) is 56.2. The maximum absolute atomic E-state index is 12.5. The van der Waals surface area contributed by atoms with Gasteiger partial charge in [0.05, 0.1) is 25.4 Å². The fraction of sp³-hybridized carbons (Fsp3) is 0.933. The number of aliphatic hydroxyl groups excluding tert-OH is 2. The highest BCUT2D eigenvalue weighted by Gasteiger charge is 2.18. The molecule has 0 fully saturated rings. The van der Waals surface area contributed by atoms with Crippen molar-refractivity contribution in [2.75, 3.05) is 13.2 Å². The van der Waals surface area contributed by atoms with E-state index in [1.54, 1.807) is 6.08 Å². The van der Waals surface area contributed by atoms with Gasteiger partial charge in [0.25, 0.3) is 0 Å². The Kier molecular flexibility index (Phi) is 55.0. The number of nitrogens with one attached hydrogen (secondary N) is 1. The molecule has 0 aromatic heterocycles. The summed E-state index contributed by atoms with van der Waals surface area (Å²) in [7, 11) is 0. The summed E-state index contributed by atoms with van der Waals surface area (Å²) in [6.07, 6.45) is 66.6. The van der Waals surface area contributed by atoms with Gasteiger partial charge in [0.1, 0.15) is 0 Å². The summed E-state index contributed by atoms with van der Waals surface area (Å²) in [4.78, 5) is 24.5. The third-order valence-electron chi connectivity index (χ3n) is 14.1. The molecule has 0 aromatic rings. The van der Waals surface area contributed by atoms with Crippen LogP contribution >= 0.6 is 0 Å². The summed E-state index contributed by atoms with van der Waals surface area (Å²) in [5.74, 6) is -0.0603. The molecule has 66 heavy (non-hydrogen) atoms. The zero-order valence-electron chi connectivity index (χ0n) is 44.7. The first kappa shape index (κ1) is 64.6. The summed E-state index contributed by atoms with van der Waals surface area (Å²) < 4.78 is 5.48. The SMILES string of the molecule is CCCCCCCCCCCCCCCCCC/C=C/C(O)C(CO)NC(=O)CCCCCCCCCCCCCCCCCCCCOC(=O)CCCCCCCCCCCCCCC. The highest BCUT2D eigenvalue weighted by atomic mass is 16.5. The minimum absolute atomic E-state index is 0.00868. The molecule has 0 aliphatic heterocycles. The van der Waals surface area contributed by atoms with Crippen LogP contribution in [-0.2, 0) is 14.3 Å². The van der Waals surface area contributed by atoms with Crippen molar-refractivity contribution in [2.24, 2.45) is 0 Å². The molecule has 0 aromatic carbocycles. The largest absolute Gasteiger partial charge is 0.466 e. The van der Waals surface area contributed by atoms with Gasteiger partial charge >= 0.3 is 5.97 Å². The molecule has 1 amide bonds. The first-order chi connectivity index (χ1) is 32.5. The van der Waals surface area contributed by atoms with E-state index in [4.69, 9.17) is 4.74 Å². The van der Waals surface area contributed by atoms with Gasteiger partial charge in [-0.25, -0.2) is 0 Å². The zero-order valence-corrected chi connectivity index (χ0v) is 44.7. The number of carbonyl (C=O) groups is 2. The molecular weight excluding hydrogens is 815 g/mol. The molecular formula is C60H117NO5. The topological polar surface area (TPSA) is 95.9 Å². The van der Waals surface area contributed by atoms with Gasteiger partial charge in [0.15, 0.2) is 0 Å². The van der Waals surface area contributed by atoms with E-state index in [0.29, 0.717) is 19.4 Å². The Balaban J connectivity index is 3.43. The molecule has 6 heteroatoms. The Morgan fingerprint density at radius 1 is 0.409 bits per heavy atom. The Morgan fingerprint density at radius 3 is 1.03 bits per heavy atom. The van der Waals surface area contributed by atoms with Gasteiger partial charge in [-0.2, -0.15) is 0 Å². The molecule has 0 bridgehead atoms. The van der Waals surface area contributed by atoms with Crippen LogP contribution in [0.5, 0.6) is 0 Å². The molecule has 0 heterocycles. The molecule has 0 radical (unpaired) electrons. The number of carbonyl (C=O) groups excluding carboxylic acids is 2. The van der Waals surface area contributed by atoms with Crippen LogP contribution in [-0.4, -0.2) is 47.4 Å². The molecule has 3 N–H and O–H groups in total. The lowest BCUT2D eigenvalue weighted by Crippen LogP contribution is -2.45. The van der Waals surface area contributed by atoms with E-state index in [2.05, 4.69) is 19.2 Å². The van der Waals surface area contributed by atoms with Gasteiger partial charge in [-0.15, -0.1) is 0 Å². The molecule has 0 saturated carbocycles. The minimum atomic E-state index is -0.846. The number of rotatable bonds is 56. The molecule has 2 atom stereocenters. The van der Waals surface area contributed by atoms with Gasteiger partial charge in [-0.3, -0.25) is 9.59 Å². The summed E-state index contributed by atoms with van der Waals surface area (Å²) >= 11 is 0. The van der Waals surface area contributed by atoms with Crippen LogP contribution in [0, 0.1) is 0 Å². The first-order valence-electron chi connectivity index (χ1n) is 30.0. The Bertz CT molecular complexity index is 986. The summed E-state index contributed by atoms with van der Waals surface area (Å²) in [5, 5.41) is 23.2. The van der Waals surface area contributed by atoms with Crippen LogP contribution in [0.2, 0.25) is 0 Å². The van der Waals surface area contributed by atoms with Gasteiger partial charge in [-0.05, 0) is 32.1 Å². The predicted molar refractivity (Wildman–Crippen MR) is 287 cm³/mol. The molecule has 0 aliphatic carbocycles. The van der Waals surface area contributed by atoms with Gasteiger partial charge in [-0.1, -0.05) is 302 Å². The average Bonchev–Trinajstić information content (AvgIpc) is 3.32. The monoisotopic (exact) mass is 932 g/mol. The van der Waals surface area contributed by atoms with Crippen molar-refractivity contribution in [1.82, 2.24) is 5.32 Å². The molecule has 0 rings (SSSR count). The highest BCUT2D eigenvalue weighted by molar-refractivity contribution is 5.76. The lowest BCUT2D eigenvalue weighted by atomic mass is 10.0. The van der Waals surface area contributed by atoms with Crippen molar-refractivity contribution < 1.29 is 24.5 Å². The number of unbranched alkanes of at least 4 members (excludes halogenated alkanes) is 45. The molecule has 392 valence electrons. The molecule has 2 unspecified atom stereocenters. The molecule has 0 spiro atoms. The van der Waals surface area contributed by atoms with E-state index in [1.165, 1.54) is 270 Å². The fourth-order valence-corrected chi connectivity index (χ4v) is 9.46. The highest BCUT2D eigenvalue weighted by Crippen LogP contribution is 2.18. The maximum atomic E-state index is 12.5. The van der Waals surface area contributed by atoms with Crippen molar-refractivity contribution in [3.05, 3.63) is 12.2 Å². The van der Waals surface area contributed by atoms with Crippen LogP contribution in [0.15, 0.2) is 12.2 Å². The normalized spacial score (nSPS) is 12.6. The summed E-state index contributed by atoms with van der Waals surface area (Å²) in [6, 6.07) is -0.630. The van der Waals surface area contributed by atoms with Crippen molar-refractivity contribution in [3.63, 3.8) is 0 Å². The predicted octanol–water partition coefficient (Wildman–Crippen LogP) is 18.5. The van der Waals surface area contributed by atoms with Gasteiger partial charge < -0.3 is 20.3 Å². The molecule has 6 nitrogen and oxygen atoms in total. The molecule has 0 aliphatic rings. The number of hydrogen-bond donors (Lipinski definition) is 3. The second-order valence-electron chi connectivity index (χ2n) is 20.7. The van der Waals surface area contributed by atoms with Crippen molar-refractivity contribution in [1.29, 1.82) is 0 Å².